The number of rotatable bonds is 2. The van der Waals surface area contributed by atoms with E-state index in [0.717, 1.165) is 24.3 Å². The number of piperidine rings is 2. The monoisotopic (exact) mass is 299 g/mol. The standard InChI is InChI=1S/C17H25N5/c1-21-12-3-2-6-15(21)22-16(13-7-10-18-11-8-13)20-14-5-4-9-19-17(14)22/h4-5,9,13,15,18H,2-3,6-8,10-12H2,1H3. The molecule has 1 atom stereocenters. The van der Waals surface area contributed by atoms with Crippen LogP contribution in [0.25, 0.3) is 11.2 Å². The topological polar surface area (TPSA) is 46.0 Å². The molecule has 0 saturated carbocycles. The van der Waals surface area contributed by atoms with Crippen molar-refractivity contribution < 1.29 is 0 Å². The second-order valence-electron chi connectivity index (χ2n) is 6.67. The Hall–Kier alpha value is -1.46. The van der Waals surface area contributed by atoms with E-state index in [1.165, 1.54) is 44.5 Å². The first-order valence-electron chi connectivity index (χ1n) is 8.58. The molecule has 0 radical (unpaired) electrons. The molecule has 2 fully saturated rings. The van der Waals surface area contributed by atoms with Crippen LogP contribution >= 0.6 is 0 Å². The molecule has 2 aliphatic rings. The molecule has 0 amide bonds. The van der Waals surface area contributed by atoms with Crippen molar-refractivity contribution in [2.75, 3.05) is 26.7 Å². The molecule has 2 aromatic heterocycles. The Bertz CT molecular complexity index is 644. The third-order valence-corrected chi connectivity index (χ3v) is 5.21. The van der Waals surface area contributed by atoms with Gasteiger partial charge in [0.2, 0.25) is 0 Å². The number of imidazole rings is 1. The zero-order valence-corrected chi connectivity index (χ0v) is 13.3. The Labute approximate surface area is 131 Å². The largest absolute Gasteiger partial charge is 0.317 e. The van der Waals surface area contributed by atoms with Gasteiger partial charge in [-0.25, -0.2) is 9.97 Å². The van der Waals surface area contributed by atoms with E-state index in [1.807, 2.05) is 12.3 Å². The number of aromatic nitrogens is 3. The Kier molecular flexibility index (Phi) is 3.84. The lowest BCUT2D eigenvalue weighted by Crippen LogP contribution is -2.36. The van der Waals surface area contributed by atoms with Gasteiger partial charge in [0.05, 0.1) is 6.17 Å². The van der Waals surface area contributed by atoms with Gasteiger partial charge in [0.25, 0.3) is 0 Å². The first kappa shape index (κ1) is 14.2. The molecule has 4 rings (SSSR count). The molecule has 1 N–H and O–H groups in total. The van der Waals surface area contributed by atoms with Crippen molar-refractivity contribution in [2.24, 2.45) is 0 Å². The normalized spacial score (nSPS) is 24.9. The van der Waals surface area contributed by atoms with Crippen LogP contribution in [0.5, 0.6) is 0 Å². The molecule has 0 aliphatic carbocycles. The van der Waals surface area contributed by atoms with Crippen LogP contribution in [0.1, 0.15) is 50.0 Å². The summed E-state index contributed by atoms with van der Waals surface area (Å²) in [5.41, 5.74) is 2.12. The molecule has 0 aromatic carbocycles. The Morgan fingerprint density at radius 1 is 1.18 bits per heavy atom. The van der Waals surface area contributed by atoms with Crippen molar-refractivity contribution in [2.45, 2.75) is 44.2 Å². The summed E-state index contributed by atoms with van der Waals surface area (Å²) in [5.74, 6) is 1.82. The van der Waals surface area contributed by atoms with E-state index in [4.69, 9.17) is 4.98 Å². The molecular weight excluding hydrogens is 274 g/mol. The third kappa shape index (κ3) is 2.42. The molecule has 2 aliphatic heterocycles. The number of pyridine rings is 1. The third-order valence-electron chi connectivity index (χ3n) is 5.21. The lowest BCUT2D eigenvalue weighted by Gasteiger charge is -2.35. The van der Waals surface area contributed by atoms with Gasteiger partial charge in [-0.05, 0) is 70.9 Å². The average Bonchev–Trinajstić information content (AvgIpc) is 2.95. The van der Waals surface area contributed by atoms with Gasteiger partial charge in [0.15, 0.2) is 5.65 Å². The van der Waals surface area contributed by atoms with E-state index in [1.54, 1.807) is 0 Å². The predicted octanol–water partition coefficient (Wildman–Crippen LogP) is 2.51. The van der Waals surface area contributed by atoms with Crippen molar-refractivity contribution in [3.8, 4) is 0 Å². The molecule has 22 heavy (non-hydrogen) atoms. The highest BCUT2D eigenvalue weighted by Crippen LogP contribution is 2.34. The zero-order chi connectivity index (χ0) is 14.9. The van der Waals surface area contributed by atoms with E-state index in [0.29, 0.717) is 12.1 Å². The van der Waals surface area contributed by atoms with Crippen molar-refractivity contribution >= 4 is 11.2 Å². The smallest absolute Gasteiger partial charge is 0.161 e. The van der Waals surface area contributed by atoms with Gasteiger partial charge in [0, 0.05) is 12.1 Å². The van der Waals surface area contributed by atoms with Crippen molar-refractivity contribution in [3.63, 3.8) is 0 Å². The first-order chi connectivity index (χ1) is 10.8. The van der Waals surface area contributed by atoms with Crippen LogP contribution in [-0.2, 0) is 0 Å². The molecule has 5 heteroatoms. The van der Waals surface area contributed by atoms with Crippen molar-refractivity contribution in [1.29, 1.82) is 0 Å². The number of hydrogen-bond acceptors (Lipinski definition) is 4. The Morgan fingerprint density at radius 3 is 2.86 bits per heavy atom. The summed E-state index contributed by atoms with van der Waals surface area (Å²) < 4.78 is 2.45. The lowest BCUT2D eigenvalue weighted by molar-refractivity contribution is 0.125. The summed E-state index contributed by atoms with van der Waals surface area (Å²) in [6.45, 7) is 3.37. The fourth-order valence-corrected chi connectivity index (χ4v) is 3.99. The second-order valence-corrected chi connectivity index (χ2v) is 6.67. The van der Waals surface area contributed by atoms with Gasteiger partial charge in [-0.2, -0.15) is 0 Å². The summed E-state index contributed by atoms with van der Waals surface area (Å²) >= 11 is 0. The van der Waals surface area contributed by atoms with Crippen LogP contribution in [0.2, 0.25) is 0 Å². The molecule has 2 saturated heterocycles. The maximum atomic E-state index is 4.99. The average molecular weight is 299 g/mol. The van der Waals surface area contributed by atoms with Crippen LogP contribution < -0.4 is 5.32 Å². The van der Waals surface area contributed by atoms with E-state index < -0.39 is 0 Å². The van der Waals surface area contributed by atoms with Crippen molar-refractivity contribution in [1.82, 2.24) is 24.8 Å². The van der Waals surface area contributed by atoms with Gasteiger partial charge in [-0.3, -0.25) is 9.47 Å². The molecule has 118 valence electrons. The number of nitrogens with one attached hydrogen (secondary N) is 1. The summed E-state index contributed by atoms with van der Waals surface area (Å²) in [4.78, 5) is 12.1. The fraction of sp³-hybridized carbons (Fsp3) is 0.647. The molecular formula is C17H25N5. The highest BCUT2D eigenvalue weighted by Gasteiger charge is 2.29. The molecule has 4 heterocycles. The van der Waals surface area contributed by atoms with Gasteiger partial charge >= 0.3 is 0 Å². The van der Waals surface area contributed by atoms with Crippen LogP contribution in [0.3, 0.4) is 0 Å². The second kappa shape index (κ2) is 5.97. The molecule has 1 unspecified atom stereocenters. The summed E-state index contributed by atoms with van der Waals surface area (Å²) in [5, 5.41) is 3.46. The minimum absolute atomic E-state index is 0.415. The number of hydrogen-bond donors (Lipinski definition) is 1. The van der Waals surface area contributed by atoms with E-state index >= 15 is 0 Å². The quantitative estimate of drug-likeness (QED) is 0.925. The molecule has 5 nitrogen and oxygen atoms in total. The summed E-state index contributed by atoms with van der Waals surface area (Å²) in [6.07, 6.45) is 8.48. The van der Waals surface area contributed by atoms with Gasteiger partial charge in [-0.1, -0.05) is 0 Å². The van der Waals surface area contributed by atoms with E-state index in [2.05, 4.69) is 32.9 Å². The molecule has 2 aromatic rings. The zero-order valence-electron chi connectivity index (χ0n) is 13.3. The number of likely N-dealkylation sites (tertiary alicyclic amines) is 1. The van der Waals surface area contributed by atoms with Crippen LogP contribution in [0.4, 0.5) is 0 Å². The number of nitrogens with zero attached hydrogens (tertiary/aromatic N) is 4. The fourth-order valence-electron chi connectivity index (χ4n) is 3.99. The van der Waals surface area contributed by atoms with Crippen LogP contribution in [0.15, 0.2) is 18.3 Å². The highest BCUT2D eigenvalue weighted by atomic mass is 15.3. The predicted molar refractivity (Wildman–Crippen MR) is 87.9 cm³/mol. The first-order valence-corrected chi connectivity index (χ1v) is 8.58. The minimum atomic E-state index is 0.415. The lowest BCUT2D eigenvalue weighted by atomic mass is 9.97. The van der Waals surface area contributed by atoms with Gasteiger partial charge in [-0.15, -0.1) is 0 Å². The number of fused-ring (bicyclic) bond motifs is 1. The molecule has 0 spiro atoms. The van der Waals surface area contributed by atoms with E-state index in [-0.39, 0.29) is 0 Å². The van der Waals surface area contributed by atoms with Gasteiger partial charge < -0.3 is 5.32 Å². The minimum Gasteiger partial charge on any atom is -0.317 e. The summed E-state index contributed by atoms with van der Waals surface area (Å²) in [7, 11) is 2.24. The maximum absolute atomic E-state index is 4.99. The SMILES string of the molecule is CN1CCCCC1n1c(C2CCNCC2)nc2cccnc21. The van der Waals surface area contributed by atoms with Gasteiger partial charge in [0.1, 0.15) is 11.3 Å². The van der Waals surface area contributed by atoms with Crippen LogP contribution in [0, 0.1) is 0 Å². The van der Waals surface area contributed by atoms with E-state index in [9.17, 15) is 0 Å². The Balaban J connectivity index is 1.82. The summed E-state index contributed by atoms with van der Waals surface area (Å²) in [6, 6.07) is 4.10. The van der Waals surface area contributed by atoms with Crippen molar-refractivity contribution in [3.05, 3.63) is 24.2 Å². The van der Waals surface area contributed by atoms with Crippen LogP contribution in [-0.4, -0.2) is 46.1 Å². The Morgan fingerprint density at radius 2 is 2.05 bits per heavy atom. The molecule has 0 bridgehead atoms. The maximum Gasteiger partial charge on any atom is 0.161 e. The highest BCUT2D eigenvalue weighted by molar-refractivity contribution is 5.71.